The molecule has 1 aliphatic rings. The summed E-state index contributed by atoms with van der Waals surface area (Å²) in [4.78, 5) is 14.3. The maximum Gasteiger partial charge on any atom is 0.226 e. The lowest BCUT2D eigenvalue weighted by molar-refractivity contribution is -0.135. The van der Waals surface area contributed by atoms with Gasteiger partial charge in [0.25, 0.3) is 0 Å². The lowest BCUT2D eigenvalue weighted by atomic mass is 10.0. The molecule has 0 aromatic heterocycles. The lowest BCUT2D eigenvalue weighted by Gasteiger charge is -2.36. The van der Waals surface area contributed by atoms with Gasteiger partial charge >= 0.3 is 0 Å². The molecular formula is C19H20F2N2O2. The van der Waals surface area contributed by atoms with E-state index in [0.717, 1.165) is 5.56 Å². The van der Waals surface area contributed by atoms with E-state index in [1.165, 1.54) is 36.4 Å². The number of hydrogen-bond donors (Lipinski definition) is 1. The third-order valence-electron chi connectivity index (χ3n) is 4.20. The van der Waals surface area contributed by atoms with E-state index in [-0.39, 0.29) is 36.6 Å². The highest BCUT2D eigenvalue weighted by molar-refractivity contribution is 5.77. The fourth-order valence-electron chi connectivity index (χ4n) is 2.95. The van der Waals surface area contributed by atoms with Gasteiger partial charge in [-0.15, -0.1) is 0 Å². The molecule has 1 unspecified atom stereocenters. The smallest absolute Gasteiger partial charge is 0.226 e. The number of amides is 1. The van der Waals surface area contributed by atoms with Crippen LogP contribution in [0.3, 0.4) is 0 Å². The first-order chi connectivity index (χ1) is 12.1. The Kier molecular flexibility index (Phi) is 5.60. The molecule has 1 heterocycles. The Bertz CT molecular complexity index is 722. The zero-order chi connectivity index (χ0) is 17.6. The zero-order valence-electron chi connectivity index (χ0n) is 13.8. The largest absolute Gasteiger partial charge is 0.493 e. The highest BCUT2D eigenvalue weighted by atomic mass is 19.1. The van der Waals surface area contributed by atoms with Crippen LogP contribution in [0, 0.1) is 11.6 Å². The quantitative estimate of drug-likeness (QED) is 0.905. The molecule has 1 amide bonds. The van der Waals surface area contributed by atoms with Crippen molar-refractivity contribution in [1.29, 1.82) is 0 Å². The molecule has 1 N–H and O–H groups in total. The van der Waals surface area contributed by atoms with Gasteiger partial charge in [-0.3, -0.25) is 4.79 Å². The molecule has 1 saturated heterocycles. The Morgan fingerprint density at radius 2 is 1.96 bits per heavy atom. The van der Waals surface area contributed by atoms with Gasteiger partial charge < -0.3 is 15.0 Å². The Labute approximate surface area is 145 Å². The highest BCUT2D eigenvalue weighted by Crippen LogP contribution is 2.23. The summed E-state index contributed by atoms with van der Waals surface area (Å²) in [5.74, 6) is -0.161. The normalized spacial score (nSPS) is 17.4. The van der Waals surface area contributed by atoms with Crippen molar-refractivity contribution in [1.82, 2.24) is 10.2 Å². The molecule has 6 heteroatoms. The number of nitrogens with one attached hydrogen (secondary N) is 1. The number of rotatable bonds is 5. The average molecular weight is 346 g/mol. The summed E-state index contributed by atoms with van der Waals surface area (Å²) in [7, 11) is 0. The topological polar surface area (TPSA) is 41.6 Å². The Morgan fingerprint density at radius 3 is 2.72 bits per heavy atom. The number of hydrogen-bond acceptors (Lipinski definition) is 3. The molecule has 2 aromatic rings. The van der Waals surface area contributed by atoms with Crippen molar-refractivity contribution in [3.8, 4) is 5.75 Å². The second kappa shape index (κ2) is 8.07. The number of carbonyl (C=O) groups excluding carboxylic acids is 1. The molecule has 0 aliphatic carbocycles. The van der Waals surface area contributed by atoms with E-state index >= 15 is 0 Å². The first-order valence-electron chi connectivity index (χ1n) is 8.27. The van der Waals surface area contributed by atoms with E-state index in [1.807, 2.05) is 6.07 Å². The van der Waals surface area contributed by atoms with Crippen molar-refractivity contribution in [2.45, 2.75) is 12.5 Å². The third kappa shape index (κ3) is 4.54. The first-order valence-corrected chi connectivity index (χ1v) is 8.27. The van der Waals surface area contributed by atoms with Crippen LogP contribution in [0.15, 0.2) is 48.5 Å². The molecule has 3 rings (SSSR count). The minimum Gasteiger partial charge on any atom is -0.493 e. The summed E-state index contributed by atoms with van der Waals surface area (Å²) in [6.45, 7) is 2.07. The van der Waals surface area contributed by atoms with E-state index in [2.05, 4.69) is 5.32 Å². The number of piperazine rings is 1. The standard InChI is InChI=1S/C19H20F2N2O2/c20-15-4-6-17(7-5-15)25-11-8-19(24)23-10-9-22-13-18(23)14-2-1-3-16(21)12-14/h1-7,12,18,22H,8-11,13H2. The van der Waals surface area contributed by atoms with Gasteiger partial charge in [0, 0.05) is 19.6 Å². The molecule has 1 aliphatic heterocycles. The molecule has 0 spiro atoms. The van der Waals surface area contributed by atoms with Crippen LogP contribution in [-0.4, -0.2) is 37.0 Å². The predicted molar refractivity (Wildman–Crippen MR) is 90.2 cm³/mol. The summed E-state index contributed by atoms with van der Waals surface area (Å²) in [5, 5.41) is 3.24. The van der Waals surface area contributed by atoms with Gasteiger partial charge in [0.2, 0.25) is 5.91 Å². The summed E-state index contributed by atoms with van der Waals surface area (Å²) in [6, 6.07) is 11.8. The number of carbonyl (C=O) groups is 1. The van der Waals surface area contributed by atoms with Crippen molar-refractivity contribution in [2.75, 3.05) is 26.2 Å². The van der Waals surface area contributed by atoms with E-state index in [9.17, 15) is 13.6 Å². The molecule has 132 valence electrons. The van der Waals surface area contributed by atoms with Crippen molar-refractivity contribution < 1.29 is 18.3 Å². The third-order valence-corrected chi connectivity index (χ3v) is 4.20. The van der Waals surface area contributed by atoms with Crippen LogP contribution in [0.2, 0.25) is 0 Å². The van der Waals surface area contributed by atoms with Gasteiger partial charge in [-0.2, -0.15) is 0 Å². The summed E-state index contributed by atoms with van der Waals surface area (Å²) >= 11 is 0. The molecule has 25 heavy (non-hydrogen) atoms. The number of ether oxygens (including phenoxy) is 1. The number of benzene rings is 2. The van der Waals surface area contributed by atoms with Gasteiger partial charge in [0.1, 0.15) is 17.4 Å². The first kappa shape index (κ1) is 17.4. The molecule has 2 aromatic carbocycles. The van der Waals surface area contributed by atoms with Crippen LogP contribution in [0.5, 0.6) is 5.75 Å². The molecule has 0 saturated carbocycles. The summed E-state index contributed by atoms with van der Waals surface area (Å²) in [6.07, 6.45) is 0.212. The predicted octanol–water partition coefficient (Wildman–Crippen LogP) is 2.91. The van der Waals surface area contributed by atoms with Crippen LogP contribution in [-0.2, 0) is 4.79 Å². The maximum atomic E-state index is 13.5. The molecule has 1 atom stereocenters. The van der Waals surface area contributed by atoms with E-state index in [1.54, 1.807) is 11.0 Å². The molecule has 0 radical (unpaired) electrons. The molecule has 0 bridgehead atoms. The number of nitrogens with zero attached hydrogens (tertiary/aromatic N) is 1. The fraction of sp³-hybridized carbons (Fsp3) is 0.316. The van der Waals surface area contributed by atoms with Gasteiger partial charge in [0.05, 0.1) is 19.1 Å². The van der Waals surface area contributed by atoms with E-state index in [0.29, 0.717) is 25.4 Å². The van der Waals surface area contributed by atoms with Crippen LogP contribution in [0.25, 0.3) is 0 Å². The van der Waals surface area contributed by atoms with Gasteiger partial charge in [0.15, 0.2) is 0 Å². The highest BCUT2D eigenvalue weighted by Gasteiger charge is 2.27. The minimum absolute atomic E-state index is 0.0436. The maximum absolute atomic E-state index is 13.5. The van der Waals surface area contributed by atoms with Crippen molar-refractivity contribution in [3.05, 3.63) is 65.7 Å². The van der Waals surface area contributed by atoms with Gasteiger partial charge in [-0.05, 0) is 42.0 Å². The Morgan fingerprint density at radius 1 is 1.16 bits per heavy atom. The Hall–Kier alpha value is -2.47. The van der Waals surface area contributed by atoms with E-state index in [4.69, 9.17) is 4.74 Å². The minimum atomic E-state index is -0.331. The van der Waals surface area contributed by atoms with Crippen molar-refractivity contribution >= 4 is 5.91 Å². The molecular weight excluding hydrogens is 326 g/mol. The fourth-order valence-corrected chi connectivity index (χ4v) is 2.95. The number of halogens is 2. The van der Waals surface area contributed by atoms with Crippen LogP contribution in [0.1, 0.15) is 18.0 Å². The summed E-state index contributed by atoms with van der Waals surface area (Å²) < 4.78 is 31.9. The molecule has 4 nitrogen and oxygen atoms in total. The second-order valence-electron chi connectivity index (χ2n) is 5.91. The molecule has 1 fully saturated rings. The van der Waals surface area contributed by atoms with Crippen molar-refractivity contribution in [3.63, 3.8) is 0 Å². The van der Waals surface area contributed by atoms with Crippen LogP contribution in [0.4, 0.5) is 8.78 Å². The monoisotopic (exact) mass is 346 g/mol. The van der Waals surface area contributed by atoms with Gasteiger partial charge in [-0.25, -0.2) is 8.78 Å². The van der Waals surface area contributed by atoms with Crippen LogP contribution >= 0.6 is 0 Å². The van der Waals surface area contributed by atoms with Gasteiger partial charge in [-0.1, -0.05) is 12.1 Å². The SMILES string of the molecule is O=C(CCOc1ccc(F)cc1)N1CCNCC1c1cccc(F)c1. The van der Waals surface area contributed by atoms with Crippen LogP contribution < -0.4 is 10.1 Å². The lowest BCUT2D eigenvalue weighted by Crippen LogP contribution is -2.49. The zero-order valence-corrected chi connectivity index (χ0v) is 13.8. The van der Waals surface area contributed by atoms with E-state index < -0.39 is 0 Å². The second-order valence-corrected chi connectivity index (χ2v) is 5.91. The van der Waals surface area contributed by atoms with Crippen molar-refractivity contribution in [2.24, 2.45) is 0 Å². The average Bonchev–Trinajstić information content (AvgIpc) is 2.63. The summed E-state index contributed by atoms with van der Waals surface area (Å²) in [5.41, 5.74) is 0.778. The Balaban J connectivity index is 1.60.